The minimum Gasteiger partial charge on any atom is -0.267 e. The molecule has 0 bridgehead atoms. The van der Waals surface area contributed by atoms with Crippen molar-refractivity contribution >= 4 is 5.91 Å². The number of nitrogens with zero attached hydrogens (tertiary/aromatic N) is 5. The Morgan fingerprint density at radius 1 is 1.27 bits per heavy atom. The van der Waals surface area contributed by atoms with Crippen LogP contribution in [0.25, 0.3) is 5.82 Å². The molecular weight excluding hydrogens is 278 g/mol. The molecule has 6 nitrogen and oxygen atoms in total. The number of carbonyl (C=O) groups excluding carboxylic acids is 1. The lowest BCUT2D eigenvalue weighted by atomic mass is 10.2. The van der Waals surface area contributed by atoms with Crippen LogP contribution in [0, 0.1) is 13.8 Å². The third kappa shape index (κ3) is 2.32. The monoisotopic (exact) mass is 295 g/mol. The highest BCUT2D eigenvalue weighted by molar-refractivity contribution is 5.96. The van der Waals surface area contributed by atoms with Gasteiger partial charge < -0.3 is 0 Å². The fourth-order valence-electron chi connectivity index (χ4n) is 2.52. The van der Waals surface area contributed by atoms with Crippen molar-refractivity contribution in [1.29, 1.82) is 0 Å². The Morgan fingerprint density at radius 2 is 2.09 bits per heavy atom. The molecule has 0 amide bonds. The van der Waals surface area contributed by atoms with E-state index in [1.54, 1.807) is 17.1 Å². The van der Waals surface area contributed by atoms with Crippen molar-refractivity contribution in [3.63, 3.8) is 0 Å². The van der Waals surface area contributed by atoms with Gasteiger partial charge in [0.05, 0.1) is 23.1 Å². The van der Waals surface area contributed by atoms with E-state index in [2.05, 4.69) is 15.2 Å². The summed E-state index contributed by atoms with van der Waals surface area (Å²) in [6.07, 6.45) is 3.97. The molecule has 3 aromatic rings. The fraction of sp³-hybridized carbons (Fsp3) is 0.250. The molecule has 0 spiro atoms. The summed E-state index contributed by atoms with van der Waals surface area (Å²) in [4.78, 5) is 17.0. The van der Waals surface area contributed by atoms with Crippen molar-refractivity contribution in [1.82, 2.24) is 24.5 Å². The maximum atomic E-state index is 12.7. The van der Waals surface area contributed by atoms with Crippen LogP contribution < -0.4 is 0 Å². The Labute approximate surface area is 128 Å². The van der Waals surface area contributed by atoms with Crippen LogP contribution in [0.5, 0.6) is 0 Å². The second-order valence-electron chi connectivity index (χ2n) is 5.10. The molecule has 0 N–H and O–H groups in total. The van der Waals surface area contributed by atoms with Gasteiger partial charge in [-0.3, -0.25) is 4.79 Å². The topological polar surface area (TPSA) is 65.6 Å². The molecule has 6 heteroatoms. The number of carbonyl (C=O) groups is 1. The highest BCUT2D eigenvalue weighted by Crippen LogP contribution is 2.16. The van der Waals surface area contributed by atoms with Gasteiger partial charge in [-0.25, -0.2) is 14.3 Å². The Kier molecular flexibility index (Phi) is 3.58. The zero-order valence-corrected chi connectivity index (χ0v) is 12.8. The van der Waals surface area contributed by atoms with Crippen molar-refractivity contribution in [2.75, 3.05) is 0 Å². The molecule has 0 radical (unpaired) electrons. The maximum Gasteiger partial charge on any atom is 0.281 e. The quantitative estimate of drug-likeness (QED) is 0.744. The zero-order chi connectivity index (χ0) is 15.7. The first-order chi connectivity index (χ1) is 10.6. The van der Waals surface area contributed by atoms with Crippen molar-refractivity contribution in [2.24, 2.45) is 0 Å². The first kappa shape index (κ1) is 14.2. The molecule has 0 unspecified atom stereocenters. The van der Waals surface area contributed by atoms with Gasteiger partial charge >= 0.3 is 0 Å². The van der Waals surface area contributed by atoms with E-state index in [-0.39, 0.29) is 5.91 Å². The Hall–Kier alpha value is -2.76. The van der Waals surface area contributed by atoms with Gasteiger partial charge in [-0.1, -0.05) is 13.0 Å². The van der Waals surface area contributed by atoms with Crippen LogP contribution in [-0.4, -0.2) is 30.5 Å². The summed E-state index contributed by atoms with van der Waals surface area (Å²) in [5.74, 6) is 0.538. The molecule has 0 atom stereocenters. The van der Waals surface area contributed by atoms with Crippen molar-refractivity contribution in [3.8, 4) is 5.82 Å². The van der Waals surface area contributed by atoms with E-state index in [1.807, 2.05) is 45.0 Å². The molecule has 22 heavy (non-hydrogen) atoms. The average molecular weight is 295 g/mol. The average Bonchev–Trinajstić information content (AvgIpc) is 3.10. The molecule has 0 aliphatic rings. The minimum atomic E-state index is -0.162. The molecule has 0 fully saturated rings. The summed E-state index contributed by atoms with van der Waals surface area (Å²) < 4.78 is 3.13. The predicted molar refractivity (Wildman–Crippen MR) is 82.2 cm³/mol. The molecular formula is C16H17N5O. The van der Waals surface area contributed by atoms with Crippen LogP contribution in [0.4, 0.5) is 0 Å². The Bertz CT molecular complexity index is 816. The first-order valence-electron chi connectivity index (χ1n) is 7.18. The van der Waals surface area contributed by atoms with Gasteiger partial charge in [-0.15, -0.1) is 0 Å². The molecule has 0 saturated carbocycles. The predicted octanol–water partition coefficient (Wildman–Crippen LogP) is 2.33. The van der Waals surface area contributed by atoms with Crippen molar-refractivity contribution in [2.45, 2.75) is 27.2 Å². The van der Waals surface area contributed by atoms with Gasteiger partial charge in [0.25, 0.3) is 5.91 Å². The lowest BCUT2D eigenvalue weighted by Crippen LogP contribution is -2.17. The third-order valence-electron chi connectivity index (χ3n) is 3.50. The number of aryl methyl sites for hydroxylation is 2. The second kappa shape index (κ2) is 5.55. The van der Waals surface area contributed by atoms with Crippen LogP contribution >= 0.6 is 0 Å². The molecule has 0 saturated heterocycles. The van der Waals surface area contributed by atoms with Gasteiger partial charge in [0.15, 0.2) is 5.82 Å². The smallest absolute Gasteiger partial charge is 0.267 e. The molecule has 0 aromatic carbocycles. The van der Waals surface area contributed by atoms with Gasteiger partial charge in [0, 0.05) is 11.9 Å². The van der Waals surface area contributed by atoms with Gasteiger partial charge in [-0.05, 0) is 38.5 Å². The Balaban J connectivity index is 2.07. The summed E-state index contributed by atoms with van der Waals surface area (Å²) in [6.45, 7) is 5.73. The van der Waals surface area contributed by atoms with E-state index < -0.39 is 0 Å². The van der Waals surface area contributed by atoms with Crippen LogP contribution in [0.3, 0.4) is 0 Å². The van der Waals surface area contributed by atoms with Gasteiger partial charge in [-0.2, -0.15) is 10.2 Å². The second-order valence-corrected chi connectivity index (χ2v) is 5.10. The van der Waals surface area contributed by atoms with E-state index in [1.165, 1.54) is 4.68 Å². The summed E-state index contributed by atoms with van der Waals surface area (Å²) in [5, 5.41) is 8.59. The number of aromatic nitrogens is 5. The molecule has 3 aromatic heterocycles. The molecule has 3 rings (SSSR count). The molecule has 3 heterocycles. The van der Waals surface area contributed by atoms with Crippen LogP contribution in [0.2, 0.25) is 0 Å². The SMILES string of the molecule is CCc1c(C(=O)n2nc(C)cc2C)cnn1-c1ccccn1. The van der Waals surface area contributed by atoms with Gasteiger partial charge in [0.2, 0.25) is 0 Å². The summed E-state index contributed by atoms with van der Waals surface area (Å²) >= 11 is 0. The van der Waals surface area contributed by atoms with E-state index in [0.29, 0.717) is 17.8 Å². The van der Waals surface area contributed by atoms with E-state index >= 15 is 0 Å². The molecule has 0 aliphatic carbocycles. The molecule has 112 valence electrons. The fourth-order valence-corrected chi connectivity index (χ4v) is 2.52. The molecule has 0 aliphatic heterocycles. The minimum absolute atomic E-state index is 0.162. The largest absolute Gasteiger partial charge is 0.281 e. The van der Waals surface area contributed by atoms with E-state index in [9.17, 15) is 4.79 Å². The number of hydrogen-bond donors (Lipinski definition) is 0. The number of rotatable bonds is 3. The summed E-state index contributed by atoms with van der Waals surface area (Å²) in [5.41, 5.74) is 3.02. The maximum absolute atomic E-state index is 12.7. The number of pyridine rings is 1. The van der Waals surface area contributed by atoms with Crippen LogP contribution in [0.15, 0.2) is 36.7 Å². The van der Waals surface area contributed by atoms with Crippen molar-refractivity contribution < 1.29 is 4.79 Å². The third-order valence-corrected chi connectivity index (χ3v) is 3.50. The lowest BCUT2D eigenvalue weighted by molar-refractivity contribution is 0.0941. The standard InChI is InChI=1S/C16H17N5O/c1-4-14-13(16(22)20-12(3)9-11(2)19-20)10-18-21(14)15-7-5-6-8-17-15/h5-10H,4H2,1-3H3. The normalized spacial score (nSPS) is 10.9. The summed E-state index contributed by atoms with van der Waals surface area (Å²) in [7, 11) is 0. The van der Waals surface area contributed by atoms with Gasteiger partial charge in [0.1, 0.15) is 0 Å². The zero-order valence-electron chi connectivity index (χ0n) is 12.8. The van der Waals surface area contributed by atoms with Crippen LogP contribution in [0.1, 0.15) is 34.4 Å². The van der Waals surface area contributed by atoms with Crippen LogP contribution in [-0.2, 0) is 6.42 Å². The van der Waals surface area contributed by atoms with E-state index in [0.717, 1.165) is 17.1 Å². The lowest BCUT2D eigenvalue weighted by Gasteiger charge is -2.07. The number of hydrogen-bond acceptors (Lipinski definition) is 4. The highest BCUT2D eigenvalue weighted by atomic mass is 16.2. The van der Waals surface area contributed by atoms with Crippen molar-refractivity contribution in [3.05, 3.63) is 59.3 Å². The first-order valence-corrected chi connectivity index (χ1v) is 7.18. The Morgan fingerprint density at radius 3 is 2.68 bits per heavy atom. The van der Waals surface area contributed by atoms with E-state index in [4.69, 9.17) is 0 Å². The summed E-state index contributed by atoms with van der Waals surface area (Å²) in [6, 6.07) is 7.49. The highest BCUT2D eigenvalue weighted by Gasteiger charge is 2.20.